The van der Waals surface area contributed by atoms with E-state index in [1.807, 2.05) is 12.1 Å². The maximum Gasteiger partial charge on any atom is 0.0438 e. The summed E-state index contributed by atoms with van der Waals surface area (Å²) in [5, 5.41) is 4.39. The van der Waals surface area contributed by atoms with E-state index in [2.05, 4.69) is 31.4 Å². The number of hydrogen-bond acceptors (Lipinski definition) is 1. The molecule has 0 saturated heterocycles. The Balaban J connectivity index is 2.07. The Morgan fingerprint density at radius 3 is 2.76 bits per heavy atom. The predicted octanol–water partition coefficient (Wildman–Crippen LogP) is 3.91. The van der Waals surface area contributed by atoms with Crippen molar-refractivity contribution in [1.29, 1.82) is 0 Å². The van der Waals surface area contributed by atoms with Crippen molar-refractivity contribution in [3.05, 3.63) is 34.9 Å². The minimum atomic E-state index is 0.655. The largest absolute Gasteiger partial charge is 0.317 e. The maximum atomic E-state index is 6.25. The van der Waals surface area contributed by atoms with Gasteiger partial charge in [0.2, 0.25) is 0 Å². The van der Waals surface area contributed by atoms with E-state index >= 15 is 0 Å². The van der Waals surface area contributed by atoms with E-state index in [4.69, 9.17) is 11.6 Å². The molecule has 1 aliphatic carbocycles. The van der Waals surface area contributed by atoms with Crippen molar-refractivity contribution in [2.24, 2.45) is 11.8 Å². The predicted molar refractivity (Wildman–Crippen MR) is 74.5 cm³/mol. The Morgan fingerprint density at radius 2 is 2.06 bits per heavy atom. The van der Waals surface area contributed by atoms with E-state index in [1.165, 1.54) is 24.8 Å². The molecule has 3 atom stereocenters. The van der Waals surface area contributed by atoms with Gasteiger partial charge in [0.15, 0.2) is 0 Å². The van der Waals surface area contributed by atoms with Crippen LogP contribution in [0, 0.1) is 11.8 Å². The Hall–Kier alpha value is -0.530. The monoisotopic (exact) mass is 251 g/mol. The molecule has 1 fully saturated rings. The first-order valence-electron chi connectivity index (χ1n) is 6.61. The van der Waals surface area contributed by atoms with Crippen LogP contribution in [-0.4, -0.2) is 13.1 Å². The van der Waals surface area contributed by atoms with Crippen molar-refractivity contribution in [2.45, 2.75) is 38.6 Å². The number of rotatable bonds is 3. The summed E-state index contributed by atoms with van der Waals surface area (Å²) in [5.74, 6) is 1.58. The molecule has 1 nitrogen and oxygen atoms in total. The zero-order valence-corrected chi connectivity index (χ0v) is 11.5. The smallest absolute Gasteiger partial charge is 0.0438 e. The van der Waals surface area contributed by atoms with Crippen LogP contribution in [0.4, 0.5) is 0 Å². The minimum absolute atomic E-state index is 0.655. The summed E-state index contributed by atoms with van der Waals surface area (Å²) in [5.41, 5.74) is 1.30. The number of halogens is 1. The zero-order valence-electron chi connectivity index (χ0n) is 10.7. The van der Waals surface area contributed by atoms with Gasteiger partial charge in [0.05, 0.1) is 0 Å². The van der Waals surface area contributed by atoms with E-state index in [-0.39, 0.29) is 0 Å². The standard InChI is InChI=1S/C15H22ClN/c1-11-7-8-15(17-2)13(9-11)10-12-5-3-4-6-14(12)16/h3-6,11,13,15,17H,7-10H2,1-2H3. The summed E-state index contributed by atoms with van der Waals surface area (Å²) in [7, 11) is 2.08. The van der Waals surface area contributed by atoms with Gasteiger partial charge in [-0.05, 0) is 56.2 Å². The molecule has 1 aromatic rings. The summed E-state index contributed by atoms with van der Waals surface area (Å²) in [6.07, 6.45) is 5.07. The second-order valence-corrected chi connectivity index (χ2v) is 5.78. The molecule has 1 aromatic carbocycles. The summed E-state index contributed by atoms with van der Waals surface area (Å²) >= 11 is 6.25. The van der Waals surface area contributed by atoms with Gasteiger partial charge in [-0.1, -0.05) is 36.7 Å². The van der Waals surface area contributed by atoms with Crippen molar-refractivity contribution < 1.29 is 0 Å². The summed E-state index contributed by atoms with van der Waals surface area (Å²) in [6.45, 7) is 2.37. The van der Waals surface area contributed by atoms with E-state index in [0.29, 0.717) is 6.04 Å². The zero-order chi connectivity index (χ0) is 12.3. The van der Waals surface area contributed by atoms with E-state index in [0.717, 1.165) is 23.3 Å². The first-order valence-corrected chi connectivity index (χ1v) is 6.99. The molecular formula is C15H22ClN. The molecule has 0 spiro atoms. The van der Waals surface area contributed by atoms with E-state index < -0.39 is 0 Å². The van der Waals surface area contributed by atoms with Crippen LogP contribution in [0.1, 0.15) is 31.7 Å². The lowest BCUT2D eigenvalue weighted by Gasteiger charge is -2.35. The van der Waals surface area contributed by atoms with Gasteiger partial charge in [-0.2, -0.15) is 0 Å². The van der Waals surface area contributed by atoms with Crippen LogP contribution >= 0.6 is 11.6 Å². The Morgan fingerprint density at radius 1 is 1.29 bits per heavy atom. The number of nitrogens with one attached hydrogen (secondary N) is 1. The molecule has 1 aliphatic rings. The van der Waals surface area contributed by atoms with Crippen molar-refractivity contribution in [1.82, 2.24) is 5.32 Å². The lowest BCUT2D eigenvalue weighted by molar-refractivity contribution is 0.220. The van der Waals surface area contributed by atoms with Crippen LogP contribution < -0.4 is 5.32 Å². The van der Waals surface area contributed by atoms with Crippen LogP contribution in [0.15, 0.2) is 24.3 Å². The molecule has 0 aromatic heterocycles. The van der Waals surface area contributed by atoms with E-state index in [1.54, 1.807) is 0 Å². The quantitative estimate of drug-likeness (QED) is 0.859. The van der Waals surface area contributed by atoms with E-state index in [9.17, 15) is 0 Å². The molecule has 0 aliphatic heterocycles. The fourth-order valence-electron chi connectivity index (χ4n) is 3.05. The third-order valence-electron chi connectivity index (χ3n) is 4.06. The number of hydrogen-bond donors (Lipinski definition) is 1. The highest BCUT2D eigenvalue weighted by molar-refractivity contribution is 6.31. The molecule has 2 heteroatoms. The molecule has 1 N–H and O–H groups in total. The molecular weight excluding hydrogens is 230 g/mol. The summed E-state index contributed by atoms with van der Waals surface area (Å²) < 4.78 is 0. The Labute approximate surface area is 110 Å². The topological polar surface area (TPSA) is 12.0 Å². The number of benzene rings is 1. The van der Waals surface area contributed by atoms with Crippen molar-refractivity contribution in [3.8, 4) is 0 Å². The van der Waals surface area contributed by atoms with Gasteiger partial charge in [0.1, 0.15) is 0 Å². The maximum absolute atomic E-state index is 6.25. The molecule has 3 unspecified atom stereocenters. The summed E-state index contributed by atoms with van der Waals surface area (Å²) in [6, 6.07) is 8.90. The van der Waals surface area contributed by atoms with Gasteiger partial charge in [-0.15, -0.1) is 0 Å². The Bertz CT molecular complexity index is 364. The molecule has 0 radical (unpaired) electrons. The Kier molecular flexibility index (Phi) is 4.47. The highest BCUT2D eigenvalue weighted by Crippen LogP contribution is 2.32. The van der Waals surface area contributed by atoms with Crippen molar-refractivity contribution in [2.75, 3.05) is 7.05 Å². The molecule has 0 heterocycles. The molecule has 0 amide bonds. The molecule has 17 heavy (non-hydrogen) atoms. The molecule has 0 bridgehead atoms. The van der Waals surface area contributed by atoms with Crippen LogP contribution in [0.25, 0.3) is 0 Å². The van der Waals surface area contributed by atoms with Crippen molar-refractivity contribution >= 4 is 11.6 Å². The van der Waals surface area contributed by atoms with Crippen molar-refractivity contribution in [3.63, 3.8) is 0 Å². The highest BCUT2D eigenvalue weighted by atomic mass is 35.5. The second-order valence-electron chi connectivity index (χ2n) is 5.37. The lowest BCUT2D eigenvalue weighted by atomic mass is 9.76. The van der Waals surface area contributed by atoms with Crippen LogP contribution in [0.2, 0.25) is 5.02 Å². The van der Waals surface area contributed by atoms with Gasteiger partial charge in [0.25, 0.3) is 0 Å². The first-order chi connectivity index (χ1) is 8.20. The molecule has 1 saturated carbocycles. The fourth-order valence-corrected chi connectivity index (χ4v) is 3.26. The SMILES string of the molecule is CNC1CCC(C)CC1Cc1ccccc1Cl. The van der Waals surface area contributed by atoms with Crippen LogP contribution in [-0.2, 0) is 6.42 Å². The second kappa shape index (κ2) is 5.88. The van der Waals surface area contributed by atoms with Crippen LogP contribution in [0.3, 0.4) is 0 Å². The third-order valence-corrected chi connectivity index (χ3v) is 4.42. The lowest BCUT2D eigenvalue weighted by Crippen LogP contribution is -2.39. The van der Waals surface area contributed by atoms with Gasteiger partial charge in [-0.3, -0.25) is 0 Å². The first kappa shape index (κ1) is 12.9. The fraction of sp³-hybridized carbons (Fsp3) is 0.600. The summed E-state index contributed by atoms with van der Waals surface area (Å²) in [4.78, 5) is 0. The van der Waals surface area contributed by atoms with Crippen LogP contribution in [0.5, 0.6) is 0 Å². The van der Waals surface area contributed by atoms with Gasteiger partial charge >= 0.3 is 0 Å². The third kappa shape index (κ3) is 3.23. The molecule has 2 rings (SSSR count). The normalized spacial score (nSPS) is 29.2. The minimum Gasteiger partial charge on any atom is -0.317 e. The van der Waals surface area contributed by atoms with Gasteiger partial charge in [0, 0.05) is 11.1 Å². The van der Waals surface area contributed by atoms with Gasteiger partial charge < -0.3 is 5.32 Å². The highest BCUT2D eigenvalue weighted by Gasteiger charge is 2.27. The average molecular weight is 252 g/mol. The average Bonchev–Trinajstić information content (AvgIpc) is 2.32. The molecule has 94 valence electrons. The van der Waals surface area contributed by atoms with Gasteiger partial charge in [-0.25, -0.2) is 0 Å².